The molecule has 5 aromatic rings. The number of rotatable bonds is 1. The minimum absolute atomic E-state index is 0.0567. The van der Waals surface area contributed by atoms with Crippen LogP contribution in [-0.2, 0) is 0 Å². The smallest absolute Gasteiger partial charge is 0.355 e. The van der Waals surface area contributed by atoms with Crippen molar-refractivity contribution in [3.8, 4) is 17.4 Å². The van der Waals surface area contributed by atoms with Crippen LogP contribution in [0.15, 0.2) is 62.4 Å². The van der Waals surface area contributed by atoms with E-state index in [2.05, 4.69) is 11.1 Å². The Kier molecular flexibility index (Phi) is 2.86. The molecule has 0 atom stereocenters. The maximum atomic E-state index is 12.4. The lowest BCUT2D eigenvalue weighted by Gasteiger charge is -2.06. The third-order valence-corrected chi connectivity index (χ3v) is 4.68. The Morgan fingerprint density at radius 1 is 1.08 bits per heavy atom. The standard InChI is InChI=1S/C21H12N2O3/c1-11-4-7-16-14(9-11)12-5-6-13-18(17-3-2-8-25-17)15(10-22)21(24)26-20(13)19(12)23-16/h2-9,23H,1H3. The Morgan fingerprint density at radius 3 is 2.69 bits per heavy atom. The zero-order chi connectivity index (χ0) is 17.8. The second-order valence-corrected chi connectivity index (χ2v) is 6.27. The van der Waals surface area contributed by atoms with Crippen molar-refractivity contribution in [3.63, 3.8) is 0 Å². The number of aryl methyl sites for hydroxylation is 1. The Hall–Kier alpha value is -3.78. The van der Waals surface area contributed by atoms with E-state index in [4.69, 9.17) is 8.83 Å². The van der Waals surface area contributed by atoms with Crippen LogP contribution in [0.5, 0.6) is 0 Å². The summed E-state index contributed by atoms with van der Waals surface area (Å²) in [7, 11) is 0. The molecule has 5 heteroatoms. The highest BCUT2D eigenvalue weighted by atomic mass is 16.4. The summed E-state index contributed by atoms with van der Waals surface area (Å²) in [6, 6.07) is 15.4. The largest absolute Gasteiger partial charge is 0.464 e. The molecule has 0 saturated heterocycles. The van der Waals surface area contributed by atoms with Gasteiger partial charge >= 0.3 is 5.63 Å². The number of hydrogen-bond donors (Lipinski definition) is 1. The minimum atomic E-state index is -0.672. The minimum Gasteiger partial charge on any atom is -0.464 e. The SMILES string of the molecule is Cc1ccc2[nH]c3c(ccc4c(-c5ccco5)c(C#N)c(=O)oc43)c2c1. The van der Waals surface area contributed by atoms with Crippen LogP contribution in [0.4, 0.5) is 0 Å². The zero-order valence-electron chi connectivity index (χ0n) is 13.8. The molecule has 0 unspecified atom stereocenters. The number of nitriles is 1. The summed E-state index contributed by atoms with van der Waals surface area (Å²) in [4.78, 5) is 15.8. The van der Waals surface area contributed by atoms with Gasteiger partial charge < -0.3 is 13.8 Å². The molecule has 1 N–H and O–H groups in total. The van der Waals surface area contributed by atoms with Crippen LogP contribution in [0.1, 0.15) is 11.1 Å². The normalized spacial score (nSPS) is 11.4. The van der Waals surface area contributed by atoms with Crippen molar-refractivity contribution in [1.82, 2.24) is 4.98 Å². The van der Waals surface area contributed by atoms with E-state index >= 15 is 0 Å². The van der Waals surface area contributed by atoms with Gasteiger partial charge in [0, 0.05) is 21.7 Å². The van der Waals surface area contributed by atoms with Gasteiger partial charge in [-0.15, -0.1) is 0 Å². The number of benzene rings is 2. The summed E-state index contributed by atoms with van der Waals surface area (Å²) in [5.74, 6) is 0.464. The lowest BCUT2D eigenvalue weighted by Crippen LogP contribution is -2.06. The number of nitrogens with one attached hydrogen (secondary N) is 1. The molecule has 3 aromatic heterocycles. The van der Waals surface area contributed by atoms with E-state index in [9.17, 15) is 10.1 Å². The van der Waals surface area contributed by atoms with Gasteiger partial charge in [-0.05, 0) is 37.3 Å². The summed E-state index contributed by atoms with van der Waals surface area (Å²) in [6.45, 7) is 2.04. The first kappa shape index (κ1) is 14.6. The van der Waals surface area contributed by atoms with Gasteiger partial charge in [0.1, 0.15) is 17.4 Å². The zero-order valence-corrected chi connectivity index (χ0v) is 13.8. The molecule has 5 nitrogen and oxygen atoms in total. The lowest BCUT2D eigenvalue weighted by molar-refractivity contribution is 0.556. The molecule has 0 bridgehead atoms. The number of nitrogens with zero attached hydrogens (tertiary/aromatic N) is 1. The van der Waals surface area contributed by atoms with E-state index in [1.165, 1.54) is 6.26 Å². The van der Waals surface area contributed by atoms with Crippen LogP contribution in [0, 0.1) is 18.3 Å². The van der Waals surface area contributed by atoms with Crippen LogP contribution < -0.4 is 5.63 Å². The van der Waals surface area contributed by atoms with Crippen molar-refractivity contribution in [2.45, 2.75) is 6.92 Å². The molecular weight excluding hydrogens is 328 g/mol. The van der Waals surface area contributed by atoms with Crippen molar-refractivity contribution < 1.29 is 8.83 Å². The number of aromatic amines is 1. The number of furan rings is 1. The Labute approximate surface area is 147 Å². The average Bonchev–Trinajstić information content (AvgIpc) is 3.28. The van der Waals surface area contributed by atoms with Crippen LogP contribution >= 0.6 is 0 Å². The van der Waals surface area contributed by atoms with E-state index in [1.807, 2.05) is 37.3 Å². The fourth-order valence-electron chi connectivity index (χ4n) is 3.52. The van der Waals surface area contributed by atoms with Crippen LogP contribution in [0.3, 0.4) is 0 Å². The second kappa shape index (κ2) is 5.11. The van der Waals surface area contributed by atoms with Gasteiger partial charge in [0.05, 0.1) is 17.3 Å². The van der Waals surface area contributed by atoms with E-state index in [0.29, 0.717) is 22.3 Å². The quantitative estimate of drug-likeness (QED) is 0.441. The summed E-state index contributed by atoms with van der Waals surface area (Å²) >= 11 is 0. The Morgan fingerprint density at radius 2 is 1.92 bits per heavy atom. The number of H-pyrrole nitrogens is 1. The van der Waals surface area contributed by atoms with Gasteiger partial charge in [-0.3, -0.25) is 0 Å². The molecule has 26 heavy (non-hydrogen) atoms. The maximum absolute atomic E-state index is 12.4. The van der Waals surface area contributed by atoms with Gasteiger partial charge in [0.15, 0.2) is 5.58 Å². The summed E-state index contributed by atoms with van der Waals surface area (Å²) in [5, 5.41) is 12.1. The molecule has 124 valence electrons. The highest BCUT2D eigenvalue weighted by Gasteiger charge is 2.20. The third-order valence-electron chi connectivity index (χ3n) is 4.68. The van der Waals surface area contributed by atoms with E-state index in [1.54, 1.807) is 12.1 Å². The molecule has 0 amide bonds. The van der Waals surface area contributed by atoms with Gasteiger partial charge in [0.2, 0.25) is 0 Å². The van der Waals surface area contributed by atoms with Gasteiger partial charge in [-0.25, -0.2) is 4.79 Å². The Balaban J connectivity index is 2.02. The molecule has 2 aromatic carbocycles. The molecule has 0 aliphatic rings. The molecule has 5 rings (SSSR count). The summed E-state index contributed by atoms with van der Waals surface area (Å²) in [5.41, 5.74) is 3.00. The molecule has 0 radical (unpaired) electrons. The van der Waals surface area contributed by atoms with E-state index < -0.39 is 5.63 Å². The molecule has 0 spiro atoms. The predicted octanol–water partition coefficient (Wildman–Crippen LogP) is 4.87. The third kappa shape index (κ3) is 1.87. The second-order valence-electron chi connectivity index (χ2n) is 6.27. The predicted molar refractivity (Wildman–Crippen MR) is 99.0 cm³/mol. The molecule has 3 heterocycles. The van der Waals surface area contributed by atoms with Crippen LogP contribution in [0.25, 0.3) is 44.1 Å². The molecular formula is C21H12N2O3. The number of hydrogen-bond acceptors (Lipinski definition) is 4. The summed E-state index contributed by atoms with van der Waals surface area (Å²) in [6.07, 6.45) is 1.52. The van der Waals surface area contributed by atoms with Crippen molar-refractivity contribution >= 4 is 32.8 Å². The lowest BCUT2D eigenvalue weighted by atomic mass is 10.0. The highest BCUT2D eigenvalue weighted by Crippen LogP contribution is 2.36. The summed E-state index contributed by atoms with van der Waals surface area (Å²) < 4.78 is 11.0. The number of fused-ring (bicyclic) bond motifs is 5. The first-order valence-corrected chi connectivity index (χ1v) is 8.13. The average molecular weight is 340 g/mol. The number of aromatic nitrogens is 1. The maximum Gasteiger partial charge on any atom is 0.355 e. The Bertz CT molecular complexity index is 1410. The molecule has 0 aliphatic heterocycles. The first-order chi connectivity index (χ1) is 12.7. The van der Waals surface area contributed by atoms with E-state index in [-0.39, 0.29) is 5.56 Å². The molecule has 0 fully saturated rings. The van der Waals surface area contributed by atoms with Crippen LogP contribution in [0.2, 0.25) is 0 Å². The molecule has 0 saturated carbocycles. The van der Waals surface area contributed by atoms with Gasteiger partial charge in [-0.2, -0.15) is 5.26 Å². The molecule has 0 aliphatic carbocycles. The van der Waals surface area contributed by atoms with Gasteiger partial charge in [0.25, 0.3) is 0 Å². The fraction of sp³-hybridized carbons (Fsp3) is 0.0476. The van der Waals surface area contributed by atoms with Crippen LogP contribution in [-0.4, -0.2) is 4.98 Å². The monoisotopic (exact) mass is 340 g/mol. The first-order valence-electron chi connectivity index (χ1n) is 8.13. The van der Waals surface area contributed by atoms with E-state index in [0.717, 1.165) is 27.4 Å². The van der Waals surface area contributed by atoms with Crippen molar-refractivity contribution in [3.05, 3.63) is 70.3 Å². The highest BCUT2D eigenvalue weighted by molar-refractivity contribution is 6.17. The van der Waals surface area contributed by atoms with Crippen molar-refractivity contribution in [2.75, 3.05) is 0 Å². The van der Waals surface area contributed by atoms with Crippen molar-refractivity contribution in [1.29, 1.82) is 5.26 Å². The topological polar surface area (TPSA) is 82.9 Å². The fourth-order valence-corrected chi connectivity index (χ4v) is 3.52. The van der Waals surface area contributed by atoms with Gasteiger partial charge in [-0.1, -0.05) is 17.7 Å². The van der Waals surface area contributed by atoms with Crippen molar-refractivity contribution in [2.24, 2.45) is 0 Å².